The van der Waals surface area contributed by atoms with Gasteiger partial charge in [0.05, 0.1) is 16.6 Å². The van der Waals surface area contributed by atoms with E-state index in [1.807, 2.05) is 24.3 Å². The lowest BCUT2D eigenvalue weighted by atomic mass is 10.1. The van der Waals surface area contributed by atoms with Crippen LogP contribution in [0.15, 0.2) is 42.5 Å². The summed E-state index contributed by atoms with van der Waals surface area (Å²) in [4.78, 5) is 29.6. The number of hydrogen-bond donors (Lipinski definition) is 3. The van der Waals surface area contributed by atoms with Gasteiger partial charge in [-0.05, 0) is 43.4 Å². The molecule has 2 amide bonds. The van der Waals surface area contributed by atoms with E-state index in [9.17, 15) is 9.59 Å². The first-order valence-electron chi connectivity index (χ1n) is 10.2. The smallest absolute Gasteiger partial charge is 0.276 e. The van der Waals surface area contributed by atoms with Crippen LogP contribution in [0.4, 0.5) is 17.1 Å². The molecule has 0 aliphatic carbocycles. The van der Waals surface area contributed by atoms with Crippen LogP contribution in [0.5, 0.6) is 0 Å². The molecule has 2 heterocycles. The Morgan fingerprint density at radius 2 is 1.81 bits per heavy atom. The molecular weight excluding hydrogens is 416 g/mol. The number of piperazine rings is 1. The second-order valence-electron chi connectivity index (χ2n) is 7.58. The van der Waals surface area contributed by atoms with Gasteiger partial charge in [-0.1, -0.05) is 6.07 Å². The number of hydrogen-bond acceptors (Lipinski definition) is 5. The molecule has 8 nitrogen and oxygen atoms in total. The standard InChI is InChI=1S/C22H25ClN6O2/c1-28-11-13-29(14-12-28)16-7-5-15(6-8-16)24-22(31)21-20-17(25-19(30)9-10-23)3-2-4-18(20)26-27-21/h2-8H,9-14H2,1H3,(H,24,31)(H,25,30)(H,26,27). The number of alkyl halides is 1. The average molecular weight is 441 g/mol. The van der Waals surface area contributed by atoms with Crippen molar-refractivity contribution < 1.29 is 9.59 Å². The average Bonchev–Trinajstić information content (AvgIpc) is 3.21. The number of carbonyl (C=O) groups is 2. The van der Waals surface area contributed by atoms with Gasteiger partial charge in [-0.25, -0.2) is 0 Å². The third kappa shape index (κ3) is 4.81. The number of H-pyrrole nitrogens is 1. The van der Waals surface area contributed by atoms with E-state index >= 15 is 0 Å². The van der Waals surface area contributed by atoms with Gasteiger partial charge in [0.15, 0.2) is 5.69 Å². The molecule has 1 aliphatic heterocycles. The van der Waals surface area contributed by atoms with Crippen LogP contribution in [-0.2, 0) is 4.79 Å². The molecule has 1 fully saturated rings. The van der Waals surface area contributed by atoms with Crippen LogP contribution in [0, 0.1) is 0 Å². The predicted octanol–water partition coefficient (Wildman–Crippen LogP) is 3.13. The molecule has 2 aromatic carbocycles. The number of anilines is 3. The van der Waals surface area contributed by atoms with Crippen LogP contribution in [0.2, 0.25) is 0 Å². The van der Waals surface area contributed by atoms with Gasteiger partial charge in [0.1, 0.15) is 0 Å². The molecule has 3 N–H and O–H groups in total. The van der Waals surface area contributed by atoms with Crippen molar-refractivity contribution in [2.24, 2.45) is 0 Å². The summed E-state index contributed by atoms with van der Waals surface area (Å²) in [6, 6.07) is 13.2. The highest BCUT2D eigenvalue weighted by Crippen LogP contribution is 2.27. The first-order chi connectivity index (χ1) is 15.0. The first-order valence-corrected chi connectivity index (χ1v) is 10.8. The van der Waals surface area contributed by atoms with E-state index in [-0.39, 0.29) is 29.8 Å². The van der Waals surface area contributed by atoms with Gasteiger partial charge in [-0.3, -0.25) is 14.7 Å². The van der Waals surface area contributed by atoms with E-state index in [4.69, 9.17) is 11.6 Å². The van der Waals surface area contributed by atoms with E-state index < -0.39 is 0 Å². The second-order valence-corrected chi connectivity index (χ2v) is 7.96. The van der Waals surface area contributed by atoms with Gasteiger partial charge >= 0.3 is 0 Å². The largest absolute Gasteiger partial charge is 0.369 e. The molecule has 9 heteroatoms. The molecule has 0 unspecified atom stereocenters. The van der Waals surface area contributed by atoms with Crippen LogP contribution in [-0.4, -0.2) is 66.0 Å². The molecule has 1 aromatic heterocycles. The maximum Gasteiger partial charge on any atom is 0.276 e. The minimum atomic E-state index is -0.349. The van der Waals surface area contributed by atoms with Crippen molar-refractivity contribution in [3.8, 4) is 0 Å². The number of halogens is 1. The highest BCUT2D eigenvalue weighted by Gasteiger charge is 2.19. The zero-order valence-corrected chi connectivity index (χ0v) is 18.1. The Kier molecular flexibility index (Phi) is 6.39. The van der Waals surface area contributed by atoms with Gasteiger partial charge in [0.25, 0.3) is 5.91 Å². The van der Waals surface area contributed by atoms with Crippen LogP contribution < -0.4 is 15.5 Å². The fourth-order valence-corrected chi connectivity index (χ4v) is 3.82. The lowest BCUT2D eigenvalue weighted by Gasteiger charge is -2.34. The highest BCUT2D eigenvalue weighted by atomic mass is 35.5. The molecule has 0 saturated carbocycles. The lowest BCUT2D eigenvalue weighted by Crippen LogP contribution is -2.44. The van der Waals surface area contributed by atoms with Gasteiger partial charge in [-0.2, -0.15) is 5.10 Å². The van der Waals surface area contributed by atoms with Crippen LogP contribution >= 0.6 is 11.6 Å². The van der Waals surface area contributed by atoms with E-state index in [0.717, 1.165) is 31.9 Å². The summed E-state index contributed by atoms with van der Waals surface area (Å²) in [6.07, 6.45) is 0.191. The zero-order valence-electron chi connectivity index (χ0n) is 17.3. The Bertz CT molecular complexity index is 1070. The van der Waals surface area contributed by atoms with Crippen LogP contribution in [0.3, 0.4) is 0 Å². The number of aromatic amines is 1. The number of aromatic nitrogens is 2. The Morgan fingerprint density at radius 3 is 2.52 bits per heavy atom. The summed E-state index contributed by atoms with van der Waals surface area (Å²) >= 11 is 5.65. The maximum atomic E-state index is 12.9. The number of likely N-dealkylation sites (N-methyl/N-ethyl adjacent to an activating group) is 1. The van der Waals surface area contributed by atoms with Crippen molar-refractivity contribution in [1.82, 2.24) is 15.1 Å². The molecule has 31 heavy (non-hydrogen) atoms. The quantitative estimate of drug-likeness (QED) is 0.512. The second kappa shape index (κ2) is 9.36. The number of amides is 2. The van der Waals surface area contributed by atoms with E-state index in [2.05, 4.69) is 37.7 Å². The van der Waals surface area contributed by atoms with Gasteiger partial charge in [-0.15, -0.1) is 11.6 Å². The monoisotopic (exact) mass is 440 g/mol. The summed E-state index contributed by atoms with van der Waals surface area (Å²) in [5.41, 5.74) is 3.24. The molecule has 0 bridgehead atoms. The number of nitrogens with one attached hydrogen (secondary N) is 3. The molecule has 0 atom stereocenters. The van der Waals surface area contributed by atoms with Crippen molar-refractivity contribution in [2.45, 2.75) is 6.42 Å². The molecule has 4 rings (SSSR count). The first kappa shape index (κ1) is 21.1. The topological polar surface area (TPSA) is 93.4 Å². The summed E-state index contributed by atoms with van der Waals surface area (Å²) in [7, 11) is 2.13. The van der Waals surface area contributed by atoms with E-state index in [1.54, 1.807) is 18.2 Å². The van der Waals surface area contributed by atoms with Crippen molar-refractivity contribution >= 4 is 51.4 Å². The van der Waals surface area contributed by atoms with Gasteiger partial charge in [0, 0.05) is 49.9 Å². The van der Waals surface area contributed by atoms with Gasteiger partial charge in [0.2, 0.25) is 5.91 Å². The Labute approximate surface area is 185 Å². The molecule has 162 valence electrons. The Hall–Kier alpha value is -3.10. The molecule has 0 radical (unpaired) electrons. The fourth-order valence-electron chi connectivity index (χ4n) is 3.65. The van der Waals surface area contributed by atoms with E-state index in [1.165, 1.54) is 0 Å². The number of carbonyl (C=O) groups excluding carboxylic acids is 2. The minimum Gasteiger partial charge on any atom is -0.369 e. The summed E-state index contributed by atoms with van der Waals surface area (Å²) in [5.74, 6) is -0.336. The molecular formula is C22H25ClN6O2. The van der Waals surface area contributed by atoms with Crippen LogP contribution in [0.1, 0.15) is 16.9 Å². The fraction of sp³-hybridized carbons (Fsp3) is 0.318. The third-order valence-electron chi connectivity index (χ3n) is 5.39. The minimum absolute atomic E-state index is 0.191. The van der Waals surface area contributed by atoms with Crippen molar-refractivity contribution in [3.63, 3.8) is 0 Å². The summed E-state index contributed by atoms with van der Waals surface area (Å²) in [6.45, 7) is 4.04. The maximum absolute atomic E-state index is 12.9. The normalized spacial score (nSPS) is 14.6. The molecule has 1 aliphatic rings. The SMILES string of the molecule is CN1CCN(c2ccc(NC(=O)c3n[nH]c4cccc(NC(=O)CCCl)c34)cc2)CC1. The van der Waals surface area contributed by atoms with Crippen molar-refractivity contribution in [2.75, 3.05) is 54.6 Å². The molecule has 3 aromatic rings. The van der Waals surface area contributed by atoms with E-state index in [0.29, 0.717) is 22.3 Å². The van der Waals surface area contributed by atoms with Crippen molar-refractivity contribution in [1.29, 1.82) is 0 Å². The zero-order chi connectivity index (χ0) is 21.8. The summed E-state index contributed by atoms with van der Waals surface area (Å²) in [5, 5.41) is 13.3. The number of fused-ring (bicyclic) bond motifs is 1. The number of benzene rings is 2. The van der Waals surface area contributed by atoms with Crippen molar-refractivity contribution in [3.05, 3.63) is 48.2 Å². The summed E-state index contributed by atoms with van der Waals surface area (Å²) < 4.78 is 0. The Morgan fingerprint density at radius 1 is 1.06 bits per heavy atom. The number of rotatable bonds is 6. The Balaban J connectivity index is 1.50. The molecule has 1 saturated heterocycles. The highest BCUT2D eigenvalue weighted by molar-refractivity contribution is 6.20. The van der Waals surface area contributed by atoms with Crippen LogP contribution in [0.25, 0.3) is 10.9 Å². The lowest BCUT2D eigenvalue weighted by molar-refractivity contribution is -0.115. The predicted molar refractivity (Wildman–Crippen MR) is 124 cm³/mol. The number of nitrogens with zero attached hydrogens (tertiary/aromatic N) is 3. The third-order valence-corrected chi connectivity index (χ3v) is 5.58. The van der Waals surface area contributed by atoms with Gasteiger partial charge < -0.3 is 20.4 Å². The molecule has 0 spiro atoms.